The Morgan fingerprint density at radius 3 is 2.48 bits per heavy atom. The molecule has 4 aromatic carbocycles. The van der Waals surface area contributed by atoms with E-state index in [1.165, 1.54) is 10.8 Å². The largest absolute Gasteiger partial charge is 0.437 e. The number of aryl methyl sites for hydroxylation is 1. The summed E-state index contributed by atoms with van der Waals surface area (Å²) < 4.78 is 8.54. The van der Waals surface area contributed by atoms with Crippen LogP contribution in [0.25, 0.3) is 61.0 Å². The molecule has 0 aliphatic rings. The summed E-state index contributed by atoms with van der Waals surface area (Å²) in [5, 5.41) is 4.48. The van der Waals surface area contributed by atoms with Crippen LogP contribution in [0.5, 0.6) is 0 Å². The molecule has 3 heterocycles. The minimum atomic E-state index is 0.658. The molecular formula is C29H19N3O. The van der Waals surface area contributed by atoms with Crippen LogP contribution in [0.4, 0.5) is 0 Å². The van der Waals surface area contributed by atoms with Crippen LogP contribution < -0.4 is 0 Å². The third-order valence-corrected chi connectivity index (χ3v) is 6.30. The first-order chi connectivity index (χ1) is 16.3. The number of furan rings is 1. The zero-order valence-corrected chi connectivity index (χ0v) is 18.0. The molecular weight excluding hydrogens is 406 g/mol. The summed E-state index contributed by atoms with van der Waals surface area (Å²) in [6, 6.07) is 33.6. The van der Waals surface area contributed by atoms with Crippen molar-refractivity contribution >= 4 is 43.9 Å². The van der Waals surface area contributed by atoms with E-state index in [9.17, 15) is 0 Å². The van der Waals surface area contributed by atoms with Crippen LogP contribution in [0.2, 0.25) is 0 Å². The normalized spacial score (nSPS) is 11.8. The minimum absolute atomic E-state index is 0.658. The molecule has 0 aliphatic heterocycles. The predicted octanol–water partition coefficient (Wildman–Crippen LogP) is 7.45. The Morgan fingerprint density at radius 1 is 0.697 bits per heavy atom. The van der Waals surface area contributed by atoms with Gasteiger partial charge in [-0.1, -0.05) is 54.6 Å². The van der Waals surface area contributed by atoms with Crippen LogP contribution in [0, 0.1) is 6.92 Å². The molecule has 33 heavy (non-hydrogen) atoms. The molecule has 7 rings (SSSR count). The van der Waals surface area contributed by atoms with E-state index in [2.05, 4.69) is 94.5 Å². The van der Waals surface area contributed by atoms with Crippen molar-refractivity contribution in [1.29, 1.82) is 0 Å². The van der Waals surface area contributed by atoms with Crippen LogP contribution in [-0.2, 0) is 0 Å². The first-order valence-electron chi connectivity index (χ1n) is 11.0. The topological polar surface area (TPSA) is 43.9 Å². The summed E-state index contributed by atoms with van der Waals surface area (Å²) in [6.07, 6.45) is 0. The molecule has 4 nitrogen and oxygen atoms in total. The predicted molar refractivity (Wildman–Crippen MR) is 134 cm³/mol. The maximum Gasteiger partial charge on any atom is 0.227 e. The van der Waals surface area contributed by atoms with Gasteiger partial charge in [-0.2, -0.15) is 0 Å². The van der Waals surface area contributed by atoms with Gasteiger partial charge in [0.05, 0.1) is 16.6 Å². The Hall–Kier alpha value is -4.44. The summed E-state index contributed by atoms with van der Waals surface area (Å²) >= 11 is 0. The number of para-hydroxylation sites is 3. The molecule has 0 saturated carbocycles. The molecule has 3 aromatic heterocycles. The highest BCUT2D eigenvalue weighted by molar-refractivity contribution is 6.08. The Morgan fingerprint density at radius 2 is 1.55 bits per heavy atom. The number of nitrogens with zero attached hydrogens (tertiary/aromatic N) is 3. The van der Waals surface area contributed by atoms with E-state index in [1.807, 2.05) is 19.1 Å². The zero-order chi connectivity index (χ0) is 21.9. The van der Waals surface area contributed by atoms with Crippen LogP contribution >= 0.6 is 0 Å². The summed E-state index contributed by atoms with van der Waals surface area (Å²) in [6.45, 7) is 1.98. The third kappa shape index (κ3) is 2.71. The highest BCUT2D eigenvalue weighted by Crippen LogP contribution is 2.37. The van der Waals surface area contributed by atoms with Gasteiger partial charge in [0.1, 0.15) is 11.4 Å². The molecule has 0 radical (unpaired) electrons. The van der Waals surface area contributed by atoms with E-state index in [0.29, 0.717) is 5.71 Å². The molecule has 0 unspecified atom stereocenters. The molecule has 156 valence electrons. The van der Waals surface area contributed by atoms with Crippen LogP contribution in [0.3, 0.4) is 0 Å². The molecule has 4 heteroatoms. The Kier molecular flexibility index (Phi) is 3.73. The fraction of sp³-hybridized carbons (Fsp3) is 0.0345. The monoisotopic (exact) mass is 425 g/mol. The summed E-state index contributed by atoms with van der Waals surface area (Å²) in [4.78, 5) is 9.67. The first kappa shape index (κ1) is 18.2. The van der Waals surface area contributed by atoms with Gasteiger partial charge in [0, 0.05) is 22.2 Å². The molecule has 0 atom stereocenters. The number of hydrogen-bond donors (Lipinski definition) is 0. The van der Waals surface area contributed by atoms with Crippen molar-refractivity contribution in [3.8, 4) is 17.1 Å². The van der Waals surface area contributed by atoms with E-state index in [0.717, 1.165) is 50.2 Å². The standard InChI is InChI=1S/C29H19N3O/c1-18-13-16-23-22-9-6-10-24(27(22)33-29(23)30-18)28-31-25-11-4-5-12-26(25)32(28)21-15-14-19-7-2-3-8-20(19)17-21/h2-17H,1H3. The molecule has 7 aromatic rings. The summed E-state index contributed by atoms with van der Waals surface area (Å²) in [5.74, 6) is 0.854. The lowest BCUT2D eigenvalue weighted by molar-refractivity contribution is 0.653. The van der Waals surface area contributed by atoms with Crippen molar-refractivity contribution in [3.63, 3.8) is 0 Å². The van der Waals surface area contributed by atoms with Gasteiger partial charge in [-0.25, -0.2) is 9.97 Å². The van der Waals surface area contributed by atoms with Gasteiger partial charge in [0.25, 0.3) is 0 Å². The first-order valence-corrected chi connectivity index (χ1v) is 11.0. The van der Waals surface area contributed by atoms with E-state index in [-0.39, 0.29) is 0 Å². The second kappa shape index (κ2) is 6.78. The van der Waals surface area contributed by atoms with Crippen LogP contribution in [-0.4, -0.2) is 14.5 Å². The van der Waals surface area contributed by atoms with Crippen LogP contribution in [0.15, 0.2) is 101 Å². The van der Waals surface area contributed by atoms with Gasteiger partial charge in [0.15, 0.2) is 0 Å². The number of fused-ring (bicyclic) bond motifs is 5. The van der Waals surface area contributed by atoms with Crippen molar-refractivity contribution < 1.29 is 4.42 Å². The SMILES string of the molecule is Cc1ccc2c(n1)oc1c(-c3nc4ccccc4n3-c3ccc4ccccc4c3)cccc12. The van der Waals surface area contributed by atoms with Crippen molar-refractivity contribution in [2.45, 2.75) is 6.92 Å². The fourth-order valence-electron chi connectivity index (χ4n) is 4.73. The third-order valence-electron chi connectivity index (χ3n) is 6.30. The van der Waals surface area contributed by atoms with Gasteiger partial charge in [-0.05, 0) is 60.2 Å². The van der Waals surface area contributed by atoms with Crippen molar-refractivity contribution in [3.05, 3.63) is 103 Å². The lowest BCUT2D eigenvalue weighted by Crippen LogP contribution is -1.98. The number of rotatable bonds is 2. The van der Waals surface area contributed by atoms with Crippen molar-refractivity contribution in [2.24, 2.45) is 0 Å². The van der Waals surface area contributed by atoms with Crippen molar-refractivity contribution in [1.82, 2.24) is 14.5 Å². The Balaban J connectivity index is 1.57. The quantitative estimate of drug-likeness (QED) is 0.289. The lowest BCUT2D eigenvalue weighted by Gasteiger charge is -2.11. The molecule has 0 bridgehead atoms. The Bertz CT molecular complexity index is 1840. The number of benzene rings is 4. The van der Waals surface area contributed by atoms with Gasteiger partial charge in [0.2, 0.25) is 5.71 Å². The van der Waals surface area contributed by atoms with Gasteiger partial charge >= 0.3 is 0 Å². The molecule has 0 fully saturated rings. The number of hydrogen-bond acceptors (Lipinski definition) is 3. The van der Waals surface area contributed by atoms with Gasteiger partial charge in [-0.15, -0.1) is 0 Å². The van der Waals surface area contributed by atoms with Gasteiger partial charge in [-0.3, -0.25) is 4.57 Å². The maximum atomic E-state index is 6.31. The van der Waals surface area contributed by atoms with Gasteiger partial charge < -0.3 is 4.42 Å². The average molecular weight is 425 g/mol. The summed E-state index contributed by atoms with van der Waals surface area (Å²) in [7, 11) is 0. The zero-order valence-electron chi connectivity index (χ0n) is 18.0. The lowest BCUT2D eigenvalue weighted by atomic mass is 10.1. The molecule has 0 spiro atoms. The number of pyridine rings is 1. The molecule has 0 saturated heterocycles. The van der Waals surface area contributed by atoms with E-state index < -0.39 is 0 Å². The minimum Gasteiger partial charge on any atom is -0.437 e. The van der Waals surface area contributed by atoms with E-state index >= 15 is 0 Å². The van der Waals surface area contributed by atoms with E-state index in [1.54, 1.807) is 0 Å². The highest BCUT2D eigenvalue weighted by Gasteiger charge is 2.20. The maximum absolute atomic E-state index is 6.31. The second-order valence-corrected chi connectivity index (χ2v) is 8.38. The smallest absolute Gasteiger partial charge is 0.227 e. The number of imidazole rings is 1. The molecule has 0 amide bonds. The fourth-order valence-corrected chi connectivity index (χ4v) is 4.73. The highest BCUT2D eigenvalue weighted by atomic mass is 16.3. The summed E-state index contributed by atoms with van der Waals surface area (Å²) in [5.41, 5.74) is 6.43. The molecule has 0 N–H and O–H groups in total. The number of aromatic nitrogens is 3. The molecule has 0 aliphatic carbocycles. The van der Waals surface area contributed by atoms with Crippen LogP contribution in [0.1, 0.15) is 5.69 Å². The van der Waals surface area contributed by atoms with Crippen molar-refractivity contribution in [2.75, 3.05) is 0 Å². The Labute approximate surface area is 189 Å². The van der Waals surface area contributed by atoms with E-state index in [4.69, 9.17) is 9.40 Å². The average Bonchev–Trinajstić information content (AvgIpc) is 3.41. The second-order valence-electron chi connectivity index (χ2n) is 8.38.